The predicted molar refractivity (Wildman–Crippen MR) is 81.1 cm³/mol. The lowest BCUT2D eigenvalue weighted by atomic mass is 10.2. The molecule has 7 nitrogen and oxygen atoms in total. The minimum absolute atomic E-state index is 0.0384. The summed E-state index contributed by atoms with van der Waals surface area (Å²) in [6.45, 7) is 0.748. The maximum Gasteiger partial charge on any atom is 0.317 e. The van der Waals surface area contributed by atoms with Gasteiger partial charge >= 0.3 is 12.0 Å². The van der Waals surface area contributed by atoms with Crippen molar-refractivity contribution in [3.05, 3.63) is 47.2 Å². The van der Waals surface area contributed by atoms with Gasteiger partial charge in [0.25, 0.3) is 0 Å². The summed E-state index contributed by atoms with van der Waals surface area (Å²) in [7, 11) is 0. The number of aliphatic carboxylic acids is 1. The Morgan fingerprint density at radius 2 is 2.23 bits per heavy atom. The van der Waals surface area contributed by atoms with E-state index in [9.17, 15) is 4.79 Å². The number of rotatable bonds is 3. The summed E-state index contributed by atoms with van der Waals surface area (Å²) in [6, 6.07) is 10.7. The molecule has 3 aliphatic rings. The Bertz CT molecular complexity index is 663. The van der Waals surface area contributed by atoms with Gasteiger partial charge in [-0.1, -0.05) is 42.1 Å². The number of amidine groups is 1. The van der Waals surface area contributed by atoms with E-state index in [4.69, 9.17) is 9.84 Å². The van der Waals surface area contributed by atoms with Gasteiger partial charge in [-0.05, 0) is 5.56 Å². The fourth-order valence-corrected chi connectivity index (χ4v) is 3.72. The average molecular weight is 318 g/mol. The minimum Gasteiger partial charge on any atom is -0.480 e. The second-order valence-electron chi connectivity index (χ2n) is 5.15. The van der Waals surface area contributed by atoms with E-state index in [-0.39, 0.29) is 11.9 Å². The van der Waals surface area contributed by atoms with Crippen molar-refractivity contribution < 1.29 is 14.6 Å². The molecule has 1 atom stereocenters. The zero-order valence-electron chi connectivity index (χ0n) is 11.6. The molecule has 22 heavy (non-hydrogen) atoms. The second kappa shape index (κ2) is 5.22. The van der Waals surface area contributed by atoms with E-state index in [1.54, 1.807) is 16.7 Å². The van der Waals surface area contributed by atoms with Crippen LogP contribution in [-0.4, -0.2) is 51.9 Å². The number of aliphatic imine (C=N–C) groups is 1. The van der Waals surface area contributed by atoms with Gasteiger partial charge in [0.2, 0.25) is 5.88 Å². The van der Waals surface area contributed by atoms with E-state index in [0.717, 1.165) is 5.88 Å². The van der Waals surface area contributed by atoms with Crippen LogP contribution in [0.5, 0.6) is 0 Å². The molecule has 3 heterocycles. The molecule has 114 valence electrons. The topological polar surface area (TPSA) is 68.6 Å². The second-order valence-corrected chi connectivity index (χ2v) is 6.10. The molecule has 0 aliphatic carbocycles. The predicted octanol–water partition coefficient (Wildman–Crippen LogP) is 1.45. The molecule has 0 aromatic heterocycles. The molecule has 1 saturated heterocycles. The molecule has 0 radical (unpaired) electrons. The summed E-state index contributed by atoms with van der Waals surface area (Å²) < 4.78 is 5.76. The van der Waals surface area contributed by atoms with Crippen LogP contribution in [0, 0.1) is 0 Å². The van der Waals surface area contributed by atoms with Crippen LogP contribution in [0.2, 0.25) is 0 Å². The quantitative estimate of drug-likeness (QED) is 0.904. The molecular weight excluding hydrogens is 304 g/mol. The molecule has 0 spiro atoms. The molecule has 3 aliphatic heterocycles. The van der Waals surface area contributed by atoms with E-state index in [0.29, 0.717) is 19.4 Å². The smallest absolute Gasteiger partial charge is 0.317 e. The number of hydrogen-bond acceptors (Lipinski definition) is 7. The minimum atomic E-state index is -0.857. The van der Waals surface area contributed by atoms with Crippen LogP contribution in [0.1, 0.15) is 10.9 Å². The molecule has 4 rings (SSSR count). The van der Waals surface area contributed by atoms with Crippen molar-refractivity contribution >= 4 is 23.8 Å². The van der Waals surface area contributed by atoms with Crippen LogP contribution in [-0.2, 0) is 9.53 Å². The van der Waals surface area contributed by atoms with Crippen molar-refractivity contribution in [2.45, 2.75) is 5.37 Å². The van der Waals surface area contributed by atoms with Crippen LogP contribution in [0.25, 0.3) is 0 Å². The van der Waals surface area contributed by atoms with Crippen LogP contribution in [0.15, 0.2) is 46.6 Å². The van der Waals surface area contributed by atoms with Gasteiger partial charge in [0, 0.05) is 5.41 Å². The largest absolute Gasteiger partial charge is 0.480 e. The summed E-state index contributed by atoms with van der Waals surface area (Å²) in [5.41, 5.74) is 1.17. The normalized spacial score (nSPS) is 23.5. The number of fused-ring (bicyclic) bond motifs is 3. The number of hydrogen-bond donors (Lipinski definition) is 1. The Morgan fingerprint density at radius 1 is 1.41 bits per heavy atom. The first kappa shape index (κ1) is 13.5. The van der Waals surface area contributed by atoms with Gasteiger partial charge in [-0.25, -0.2) is 15.0 Å². The van der Waals surface area contributed by atoms with Gasteiger partial charge < -0.3 is 9.84 Å². The van der Waals surface area contributed by atoms with Crippen LogP contribution in [0.3, 0.4) is 0 Å². The summed E-state index contributed by atoms with van der Waals surface area (Å²) in [5, 5.41) is 14.9. The average Bonchev–Trinajstić information content (AvgIpc) is 3.06. The lowest BCUT2D eigenvalue weighted by Crippen LogP contribution is -2.50. The zero-order chi connectivity index (χ0) is 15.1. The van der Waals surface area contributed by atoms with E-state index < -0.39 is 5.97 Å². The van der Waals surface area contributed by atoms with Gasteiger partial charge in [-0.3, -0.25) is 9.69 Å². The van der Waals surface area contributed by atoms with Crippen molar-refractivity contribution in [1.29, 1.82) is 0 Å². The number of benzene rings is 1. The fraction of sp³-hybridized carbons (Fsp3) is 0.286. The van der Waals surface area contributed by atoms with Gasteiger partial charge in [0.05, 0.1) is 19.9 Å². The number of thioether (sulfide) groups is 1. The Morgan fingerprint density at radius 3 is 3.00 bits per heavy atom. The molecule has 0 saturated carbocycles. The van der Waals surface area contributed by atoms with E-state index in [1.807, 2.05) is 33.6 Å². The first-order valence-electron chi connectivity index (χ1n) is 6.86. The first-order valence-corrected chi connectivity index (χ1v) is 7.80. The number of carboxylic acid groups (broad SMARTS) is 1. The van der Waals surface area contributed by atoms with Crippen LogP contribution in [0.4, 0.5) is 0 Å². The Hall–Kier alpha value is -2.19. The summed E-state index contributed by atoms with van der Waals surface area (Å²) in [5.74, 6) is -0.111. The van der Waals surface area contributed by atoms with Gasteiger partial charge in [0.15, 0.2) is 0 Å². The van der Waals surface area contributed by atoms with Gasteiger partial charge in [-0.2, -0.15) is 0 Å². The molecule has 1 N–H and O–H groups in total. The van der Waals surface area contributed by atoms with Crippen molar-refractivity contribution in [1.82, 2.24) is 14.9 Å². The summed E-state index contributed by atoms with van der Waals surface area (Å²) >= 11 is 1.67. The highest BCUT2D eigenvalue weighted by Gasteiger charge is 2.44. The number of carboxylic acids is 1. The molecule has 8 heteroatoms. The highest BCUT2D eigenvalue weighted by molar-refractivity contribution is 8.02. The summed E-state index contributed by atoms with van der Waals surface area (Å²) in [6.07, 6.45) is 0. The Balaban J connectivity index is 1.59. The van der Waals surface area contributed by atoms with Gasteiger partial charge in [0.1, 0.15) is 5.37 Å². The Labute approximate surface area is 131 Å². The monoisotopic (exact) mass is 318 g/mol. The lowest BCUT2D eigenvalue weighted by Gasteiger charge is -2.36. The van der Waals surface area contributed by atoms with Crippen molar-refractivity contribution in [3.8, 4) is 0 Å². The number of hydrazine groups is 1. The van der Waals surface area contributed by atoms with Crippen molar-refractivity contribution in [2.75, 3.05) is 19.9 Å². The molecule has 1 unspecified atom stereocenters. The lowest BCUT2D eigenvalue weighted by molar-refractivity contribution is -0.139. The first-order chi connectivity index (χ1) is 10.7. The third-order valence-corrected chi connectivity index (χ3v) is 4.67. The highest BCUT2D eigenvalue weighted by Crippen LogP contribution is 2.47. The number of nitrogens with zero attached hydrogens (tertiary/aromatic N) is 4. The standard InChI is InChI=1S/C14H14N4O3S/c19-12(20)6-16-8-15-14-17(9-16)18-11(21-14)7-22-13(18)10-4-2-1-3-5-10/h1-5,7,13H,6,8-9H2,(H,19,20). The van der Waals surface area contributed by atoms with Crippen molar-refractivity contribution in [3.63, 3.8) is 0 Å². The van der Waals surface area contributed by atoms with E-state index >= 15 is 0 Å². The molecule has 0 bridgehead atoms. The zero-order valence-corrected chi connectivity index (χ0v) is 12.4. The number of carbonyl (C=O) groups is 1. The molecule has 1 aromatic rings. The van der Waals surface area contributed by atoms with Crippen LogP contribution < -0.4 is 0 Å². The van der Waals surface area contributed by atoms with Gasteiger partial charge in [-0.15, -0.1) is 0 Å². The maximum atomic E-state index is 10.9. The van der Waals surface area contributed by atoms with Crippen LogP contribution >= 0.6 is 11.8 Å². The van der Waals surface area contributed by atoms with E-state index in [1.165, 1.54) is 5.56 Å². The fourth-order valence-electron chi connectivity index (χ4n) is 2.67. The maximum absolute atomic E-state index is 10.9. The van der Waals surface area contributed by atoms with Crippen molar-refractivity contribution in [2.24, 2.45) is 4.99 Å². The summed E-state index contributed by atoms with van der Waals surface area (Å²) in [4.78, 5) is 17.0. The molecule has 0 amide bonds. The number of ether oxygens (including phenoxy) is 1. The molecule has 1 aromatic carbocycles. The highest BCUT2D eigenvalue weighted by atomic mass is 32.2. The Kier molecular flexibility index (Phi) is 3.20. The SMILES string of the molecule is O=C(O)CN1CN=C2OC3=CSC(c4ccccc4)N3N2C1. The van der Waals surface area contributed by atoms with E-state index in [2.05, 4.69) is 17.1 Å². The third-order valence-electron chi connectivity index (χ3n) is 3.61. The molecule has 1 fully saturated rings. The molecular formula is C14H14N4O3S. The third kappa shape index (κ3) is 2.20.